The number of hydrogen-bond donors (Lipinski definition) is 1. The molecule has 0 aliphatic heterocycles. The normalized spacial score (nSPS) is 11.2. The molecule has 1 aromatic rings. The maximum Gasteiger partial charge on any atom is 0.218 e. The van der Waals surface area contributed by atoms with E-state index in [1.165, 1.54) is 0 Å². The number of nitrogens with one attached hydrogen (secondary N) is 1. The summed E-state index contributed by atoms with van der Waals surface area (Å²) in [5.41, 5.74) is 0. The van der Waals surface area contributed by atoms with Crippen molar-refractivity contribution in [2.24, 2.45) is 5.92 Å². The number of ether oxygens (including phenoxy) is 1. The van der Waals surface area contributed by atoms with Crippen molar-refractivity contribution in [1.29, 1.82) is 0 Å². The Morgan fingerprint density at radius 1 is 1.29 bits per heavy atom. The summed E-state index contributed by atoms with van der Waals surface area (Å²) in [5, 5.41) is 3.35. The zero-order valence-electron chi connectivity index (χ0n) is 14.1. The van der Waals surface area contributed by atoms with Gasteiger partial charge in [-0.1, -0.05) is 27.2 Å². The van der Waals surface area contributed by atoms with E-state index in [2.05, 4.69) is 55.1 Å². The van der Waals surface area contributed by atoms with Gasteiger partial charge in [-0.15, -0.1) is 0 Å². The Morgan fingerprint density at radius 2 is 2.05 bits per heavy atom. The fourth-order valence-electron chi connectivity index (χ4n) is 1.82. The highest BCUT2D eigenvalue weighted by atomic mass is 16.5. The van der Waals surface area contributed by atoms with E-state index in [4.69, 9.17) is 4.74 Å². The van der Waals surface area contributed by atoms with E-state index < -0.39 is 0 Å². The van der Waals surface area contributed by atoms with Gasteiger partial charge >= 0.3 is 0 Å². The summed E-state index contributed by atoms with van der Waals surface area (Å²) in [6.45, 7) is 9.04. The van der Waals surface area contributed by atoms with Gasteiger partial charge in [0.2, 0.25) is 5.88 Å². The molecule has 0 unspecified atom stereocenters. The van der Waals surface area contributed by atoms with Gasteiger partial charge in [0, 0.05) is 25.6 Å². The Labute approximate surface area is 129 Å². The summed E-state index contributed by atoms with van der Waals surface area (Å²) in [4.78, 5) is 11.2. The third kappa shape index (κ3) is 7.85. The predicted molar refractivity (Wildman–Crippen MR) is 88.0 cm³/mol. The van der Waals surface area contributed by atoms with Crippen molar-refractivity contribution in [3.05, 3.63) is 11.9 Å². The van der Waals surface area contributed by atoms with Crippen LogP contribution in [0.3, 0.4) is 0 Å². The number of hydrogen-bond acceptors (Lipinski definition) is 5. The Kier molecular flexibility index (Phi) is 8.05. The van der Waals surface area contributed by atoms with E-state index in [1.807, 2.05) is 6.07 Å². The fraction of sp³-hybridized carbons (Fsp3) is 0.750. The van der Waals surface area contributed by atoms with Crippen LogP contribution >= 0.6 is 0 Å². The van der Waals surface area contributed by atoms with E-state index in [0.717, 1.165) is 44.0 Å². The first-order chi connectivity index (χ1) is 10.0. The maximum absolute atomic E-state index is 5.74. The van der Waals surface area contributed by atoms with Gasteiger partial charge in [0.1, 0.15) is 11.6 Å². The third-order valence-electron chi connectivity index (χ3n) is 2.95. The molecular weight excluding hydrogens is 264 g/mol. The van der Waals surface area contributed by atoms with E-state index in [1.54, 1.807) is 0 Å². The van der Waals surface area contributed by atoms with Crippen LogP contribution < -0.4 is 10.1 Å². The molecular formula is C16H30N4O. The molecule has 1 rings (SSSR count). The highest BCUT2D eigenvalue weighted by Gasteiger charge is 2.07. The molecule has 21 heavy (non-hydrogen) atoms. The zero-order chi connectivity index (χ0) is 15.7. The van der Waals surface area contributed by atoms with Crippen molar-refractivity contribution in [2.45, 2.75) is 40.0 Å². The highest BCUT2D eigenvalue weighted by Crippen LogP contribution is 2.16. The summed E-state index contributed by atoms with van der Waals surface area (Å²) in [5.74, 6) is 2.92. The molecule has 0 saturated carbocycles. The topological polar surface area (TPSA) is 50.3 Å². The summed E-state index contributed by atoms with van der Waals surface area (Å²) < 4.78 is 5.74. The van der Waals surface area contributed by atoms with Crippen LogP contribution in [0.5, 0.6) is 5.88 Å². The van der Waals surface area contributed by atoms with Gasteiger partial charge in [-0.3, -0.25) is 0 Å². The van der Waals surface area contributed by atoms with Gasteiger partial charge in [-0.05, 0) is 26.4 Å². The lowest BCUT2D eigenvalue weighted by Crippen LogP contribution is -2.21. The van der Waals surface area contributed by atoms with Gasteiger partial charge in [0.25, 0.3) is 0 Å². The second kappa shape index (κ2) is 9.55. The standard InChI is InChI=1S/C16H30N4O/c1-6-7-10-21-16-12-14(17-8-9-20(4)5)18-15(19-16)11-13(2)3/h12-13H,6-11H2,1-5H3,(H,17,18,19). The monoisotopic (exact) mass is 294 g/mol. The van der Waals surface area contributed by atoms with Crippen molar-refractivity contribution < 1.29 is 4.74 Å². The van der Waals surface area contributed by atoms with Crippen molar-refractivity contribution in [3.8, 4) is 5.88 Å². The molecule has 0 amide bonds. The minimum Gasteiger partial charge on any atom is -0.478 e. The lowest BCUT2D eigenvalue weighted by Gasteiger charge is -2.13. The molecule has 0 fully saturated rings. The lowest BCUT2D eigenvalue weighted by atomic mass is 10.1. The smallest absolute Gasteiger partial charge is 0.218 e. The second-order valence-corrected chi connectivity index (χ2v) is 6.04. The van der Waals surface area contributed by atoms with Gasteiger partial charge in [0.15, 0.2) is 0 Å². The molecule has 5 nitrogen and oxygen atoms in total. The van der Waals surface area contributed by atoms with Gasteiger partial charge in [-0.2, -0.15) is 4.98 Å². The largest absolute Gasteiger partial charge is 0.478 e. The lowest BCUT2D eigenvalue weighted by molar-refractivity contribution is 0.296. The number of anilines is 1. The van der Waals surface area contributed by atoms with Crippen LogP contribution in [0.1, 0.15) is 39.4 Å². The second-order valence-electron chi connectivity index (χ2n) is 6.04. The number of likely N-dealkylation sites (N-methyl/N-ethyl adjacent to an activating group) is 1. The molecule has 120 valence electrons. The number of rotatable bonds is 10. The molecule has 0 aliphatic rings. The van der Waals surface area contributed by atoms with Crippen LogP contribution in [0, 0.1) is 5.92 Å². The van der Waals surface area contributed by atoms with E-state index >= 15 is 0 Å². The number of nitrogens with zero attached hydrogens (tertiary/aromatic N) is 3. The van der Waals surface area contributed by atoms with Gasteiger partial charge < -0.3 is 15.0 Å². The minimum atomic E-state index is 0.533. The van der Waals surface area contributed by atoms with Crippen LogP contribution in [0.25, 0.3) is 0 Å². The zero-order valence-corrected chi connectivity index (χ0v) is 14.1. The summed E-state index contributed by atoms with van der Waals surface area (Å²) in [6.07, 6.45) is 3.04. The van der Waals surface area contributed by atoms with Gasteiger partial charge in [-0.25, -0.2) is 4.98 Å². The first kappa shape index (κ1) is 17.7. The third-order valence-corrected chi connectivity index (χ3v) is 2.95. The molecule has 0 aromatic carbocycles. The Morgan fingerprint density at radius 3 is 2.67 bits per heavy atom. The van der Waals surface area contributed by atoms with Crippen molar-refractivity contribution >= 4 is 5.82 Å². The van der Waals surface area contributed by atoms with Crippen molar-refractivity contribution in [2.75, 3.05) is 39.1 Å². The predicted octanol–water partition coefficient (Wildman–Crippen LogP) is 2.83. The molecule has 0 radical (unpaired) electrons. The first-order valence-electron chi connectivity index (χ1n) is 7.90. The molecule has 0 atom stereocenters. The van der Waals surface area contributed by atoms with E-state index in [0.29, 0.717) is 18.4 Å². The average molecular weight is 294 g/mol. The highest BCUT2D eigenvalue weighted by molar-refractivity contribution is 5.38. The van der Waals surface area contributed by atoms with Crippen molar-refractivity contribution in [3.63, 3.8) is 0 Å². The fourth-order valence-corrected chi connectivity index (χ4v) is 1.82. The Hall–Kier alpha value is -1.36. The summed E-state index contributed by atoms with van der Waals surface area (Å²) >= 11 is 0. The molecule has 0 spiro atoms. The summed E-state index contributed by atoms with van der Waals surface area (Å²) in [7, 11) is 4.12. The summed E-state index contributed by atoms with van der Waals surface area (Å²) in [6, 6.07) is 1.90. The molecule has 5 heteroatoms. The quantitative estimate of drug-likeness (QED) is 0.672. The Balaban J connectivity index is 2.71. The average Bonchev–Trinajstić information content (AvgIpc) is 2.37. The van der Waals surface area contributed by atoms with Gasteiger partial charge in [0.05, 0.1) is 6.61 Å². The molecule has 0 bridgehead atoms. The SMILES string of the molecule is CCCCOc1cc(NCCN(C)C)nc(CC(C)C)n1. The maximum atomic E-state index is 5.74. The minimum absolute atomic E-state index is 0.533. The Bertz CT molecular complexity index is 407. The molecule has 0 saturated heterocycles. The van der Waals surface area contributed by atoms with Crippen molar-refractivity contribution in [1.82, 2.24) is 14.9 Å². The van der Waals surface area contributed by atoms with Crippen LogP contribution in [-0.4, -0.2) is 48.7 Å². The molecule has 1 heterocycles. The van der Waals surface area contributed by atoms with Crippen LogP contribution in [-0.2, 0) is 6.42 Å². The van der Waals surface area contributed by atoms with E-state index in [-0.39, 0.29) is 0 Å². The first-order valence-corrected chi connectivity index (χ1v) is 7.90. The number of unbranched alkanes of at least 4 members (excludes halogenated alkanes) is 1. The molecule has 1 aromatic heterocycles. The number of aromatic nitrogens is 2. The van der Waals surface area contributed by atoms with Crippen LogP contribution in [0.15, 0.2) is 6.07 Å². The van der Waals surface area contributed by atoms with Crippen LogP contribution in [0.4, 0.5) is 5.82 Å². The van der Waals surface area contributed by atoms with Crippen LogP contribution in [0.2, 0.25) is 0 Å². The van der Waals surface area contributed by atoms with E-state index in [9.17, 15) is 0 Å². The molecule has 1 N–H and O–H groups in total. The molecule has 0 aliphatic carbocycles.